The Morgan fingerprint density at radius 1 is 1.24 bits per heavy atom. The van der Waals surface area contributed by atoms with Crippen LogP contribution in [0.4, 0.5) is 0 Å². The van der Waals surface area contributed by atoms with Gasteiger partial charge in [0.25, 0.3) is 0 Å². The van der Waals surface area contributed by atoms with E-state index in [-0.39, 0.29) is 35.8 Å². The SMILES string of the molecule is CN=C(NCC1CCN(Cc2ccc(C)cc2)CC1)NC(C)CCS(C)(=O)=O.I. The average molecular weight is 537 g/mol. The molecule has 1 unspecified atom stereocenters. The van der Waals surface area contributed by atoms with Gasteiger partial charge in [0.1, 0.15) is 9.84 Å². The van der Waals surface area contributed by atoms with Crippen LogP contribution in [0.2, 0.25) is 0 Å². The number of sulfone groups is 1. The van der Waals surface area contributed by atoms with E-state index in [9.17, 15) is 8.42 Å². The van der Waals surface area contributed by atoms with Crippen LogP contribution in [0, 0.1) is 12.8 Å². The lowest BCUT2D eigenvalue weighted by Crippen LogP contribution is -2.45. The average Bonchev–Trinajstić information content (AvgIpc) is 2.66. The highest BCUT2D eigenvalue weighted by molar-refractivity contribution is 14.0. The van der Waals surface area contributed by atoms with E-state index in [0.29, 0.717) is 12.3 Å². The fourth-order valence-corrected chi connectivity index (χ4v) is 4.21. The summed E-state index contributed by atoms with van der Waals surface area (Å²) in [7, 11) is -1.17. The Bertz CT molecular complexity index is 730. The van der Waals surface area contributed by atoms with Gasteiger partial charge in [0.2, 0.25) is 0 Å². The first-order valence-electron chi connectivity index (χ1n) is 10.2. The van der Waals surface area contributed by atoms with Gasteiger partial charge in [-0.1, -0.05) is 29.8 Å². The molecule has 2 rings (SSSR count). The largest absolute Gasteiger partial charge is 0.356 e. The molecule has 29 heavy (non-hydrogen) atoms. The van der Waals surface area contributed by atoms with E-state index >= 15 is 0 Å². The van der Waals surface area contributed by atoms with E-state index in [1.54, 1.807) is 7.05 Å². The molecule has 6 nitrogen and oxygen atoms in total. The first kappa shape index (κ1) is 26.2. The number of nitrogens with one attached hydrogen (secondary N) is 2. The molecule has 0 amide bonds. The first-order chi connectivity index (χ1) is 13.2. The van der Waals surface area contributed by atoms with E-state index in [1.807, 2.05) is 6.92 Å². The third-order valence-electron chi connectivity index (χ3n) is 5.32. The summed E-state index contributed by atoms with van der Waals surface area (Å²) in [5.41, 5.74) is 2.69. The minimum Gasteiger partial charge on any atom is -0.356 e. The lowest BCUT2D eigenvalue weighted by atomic mass is 9.96. The summed E-state index contributed by atoms with van der Waals surface area (Å²) in [5.74, 6) is 1.58. The van der Waals surface area contributed by atoms with Gasteiger partial charge in [-0.2, -0.15) is 0 Å². The van der Waals surface area contributed by atoms with Gasteiger partial charge in [0.15, 0.2) is 5.96 Å². The zero-order valence-electron chi connectivity index (χ0n) is 18.1. The van der Waals surface area contributed by atoms with Crippen molar-refractivity contribution < 1.29 is 8.42 Å². The number of rotatable bonds is 8. The molecule has 1 saturated heterocycles. The minimum atomic E-state index is -2.93. The quantitative estimate of drug-likeness (QED) is 0.304. The van der Waals surface area contributed by atoms with Gasteiger partial charge in [-0.25, -0.2) is 8.42 Å². The lowest BCUT2D eigenvalue weighted by Gasteiger charge is -2.32. The molecule has 1 aromatic rings. The van der Waals surface area contributed by atoms with Crippen LogP contribution in [0.25, 0.3) is 0 Å². The molecule has 1 aliphatic rings. The molecule has 0 radical (unpaired) electrons. The van der Waals surface area contributed by atoms with Crippen molar-refractivity contribution in [1.82, 2.24) is 15.5 Å². The highest BCUT2D eigenvalue weighted by atomic mass is 127. The smallest absolute Gasteiger partial charge is 0.191 e. The van der Waals surface area contributed by atoms with Crippen LogP contribution in [0.3, 0.4) is 0 Å². The minimum absolute atomic E-state index is 0. The van der Waals surface area contributed by atoms with Crippen LogP contribution in [0.5, 0.6) is 0 Å². The highest BCUT2D eigenvalue weighted by Crippen LogP contribution is 2.18. The van der Waals surface area contributed by atoms with Gasteiger partial charge >= 0.3 is 0 Å². The number of aliphatic imine (C=N–C) groups is 1. The van der Waals surface area contributed by atoms with Crippen molar-refractivity contribution in [2.45, 2.75) is 45.7 Å². The number of hydrogen-bond donors (Lipinski definition) is 2. The first-order valence-corrected chi connectivity index (χ1v) is 12.2. The van der Waals surface area contributed by atoms with E-state index in [4.69, 9.17) is 0 Å². The normalized spacial score (nSPS) is 17.4. The molecular formula is C21H37IN4O2S. The summed E-state index contributed by atoms with van der Waals surface area (Å²) in [5, 5.41) is 6.70. The number of piperidine rings is 1. The van der Waals surface area contributed by atoms with Crippen LogP contribution in [0.15, 0.2) is 29.3 Å². The van der Waals surface area contributed by atoms with Gasteiger partial charge in [-0.3, -0.25) is 9.89 Å². The predicted octanol–water partition coefficient (Wildman–Crippen LogP) is 2.81. The van der Waals surface area contributed by atoms with Gasteiger partial charge < -0.3 is 10.6 Å². The summed E-state index contributed by atoms with van der Waals surface area (Å²) < 4.78 is 22.6. The molecule has 166 valence electrons. The summed E-state index contributed by atoms with van der Waals surface area (Å²) in [6.07, 6.45) is 4.22. The maximum atomic E-state index is 11.3. The van der Waals surface area contributed by atoms with Crippen molar-refractivity contribution in [3.63, 3.8) is 0 Å². The molecule has 1 heterocycles. The predicted molar refractivity (Wildman–Crippen MR) is 133 cm³/mol. The number of guanidine groups is 1. The third kappa shape index (κ3) is 10.6. The molecular weight excluding hydrogens is 499 g/mol. The van der Waals surface area contributed by atoms with Crippen LogP contribution in [0.1, 0.15) is 37.3 Å². The Kier molecular flexibility index (Phi) is 11.5. The second-order valence-corrected chi connectivity index (χ2v) is 10.4. The van der Waals surface area contributed by atoms with E-state index < -0.39 is 9.84 Å². The highest BCUT2D eigenvalue weighted by Gasteiger charge is 2.19. The Morgan fingerprint density at radius 2 is 1.86 bits per heavy atom. The molecule has 1 aromatic carbocycles. The molecule has 1 fully saturated rings. The molecule has 8 heteroatoms. The monoisotopic (exact) mass is 536 g/mol. The topological polar surface area (TPSA) is 73.8 Å². The van der Waals surface area contributed by atoms with Crippen LogP contribution in [-0.2, 0) is 16.4 Å². The number of benzene rings is 1. The summed E-state index contributed by atoms with van der Waals surface area (Å²) in [6.45, 7) is 8.28. The van der Waals surface area contributed by atoms with Crippen molar-refractivity contribution >= 4 is 39.8 Å². The lowest BCUT2D eigenvalue weighted by molar-refractivity contribution is 0.178. The summed E-state index contributed by atoms with van der Waals surface area (Å²) in [4.78, 5) is 6.80. The Morgan fingerprint density at radius 3 is 2.41 bits per heavy atom. The fraction of sp³-hybridized carbons (Fsp3) is 0.667. The maximum Gasteiger partial charge on any atom is 0.191 e. The Hall–Kier alpha value is -0.870. The molecule has 0 spiro atoms. The van der Waals surface area contributed by atoms with E-state index in [0.717, 1.165) is 32.1 Å². The van der Waals surface area contributed by atoms with Gasteiger partial charge in [-0.15, -0.1) is 24.0 Å². The van der Waals surface area contributed by atoms with Crippen LogP contribution >= 0.6 is 24.0 Å². The second kappa shape index (κ2) is 12.7. The van der Waals surface area contributed by atoms with Gasteiger partial charge in [-0.05, 0) is 57.7 Å². The van der Waals surface area contributed by atoms with Crippen LogP contribution < -0.4 is 10.6 Å². The second-order valence-electron chi connectivity index (χ2n) is 8.12. The molecule has 0 saturated carbocycles. The fourth-order valence-electron chi connectivity index (χ4n) is 3.43. The van der Waals surface area contributed by atoms with Crippen molar-refractivity contribution in [2.24, 2.45) is 10.9 Å². The zero-order chi connectivity index (χ0) is 20.6. The summed E-state index contributed by atoms with van der Waals surface area (Å²) in [6, 6.07) is 8.88. The Balaban J connectivity index is 0.00000420. The van der Waals surface area contributed by atoms with Gasteiger partial charge in [0.05, 0.1) is 5.75 Å². The molecule has 0 bridgehead atoms. The summed E-state index contributed by atoms with van der Waals surface area (Å²) >= 11 is 0. The van der Waals surface area contributed by atoms with Gasteiger partial charge in [0, 0.05) is 32.4 Å². The van der Waals surface area contributed by atoms with Crippen molar-refractivity contribution in [2.75, 3.05) is 38.7 Å². The van der Waals surface area contributed by atoms with E-state index in [1.165, 1.54) is 30.2 Å². The standard InChI is InChI=1S/C21H36N4O2S.HI/c1-17-5-7-20(8-6-17)16-25-12-9-19(10-13-25)15-23-21(22-3)24-18(2)11-14-28(4,26)27;/h5-8,18-19H,9-16H2,1-4H3,(H2,22,23,24);1H. The van der Waals surface area contributed by atoms with Crippen LogP contribution in [-0.4, -0.2) is 64.0 Å². The number of aryl methyl sites for hydroxylation is 1. The third-order valence-corrected chi connectivity index (χ3v) is 6.30. The number of hydrogen-bond acceptors (Lipinski definition) is 4. The molecule has 1 atom stereocenters. The van der Waals surface area contributed by atoms with Crippen molar-refractivity contribution in [3.8, 4) is 0 Å². The molecule has 0 aromatic heterocycles. The molecule has 2 N–H and O–H groups in total. The number of halogens is 1. The number of nitrogens with zero attached hydrogens (tertiary/aromatic N) is 2. The van der Waals surface area contributed by atoms with E-state index in [2.05, 4.69) is 51.7 Å². The Labute approximate surface area is 193 Å². The van der Waals surface area contributed by atoms with Crippen molar-refractivity contribution in [1.29, 1.82) is 0 Å². The van der Waals surface area contributed by atoms with Crippen molar-refractivity contribution in [3.05, 3.63) is 35.4 Å². The molecule has 0 aliphatic carbocycles. The number of likely N-dealkylation sites (tertiary alicyclic amines) is 1. The maximum absolute atomic E-state index is 11.3. The molecule has 1 aliphatic heterocycles. The zero-order valence-corrected chi connectivity index (χ0v) is 21.3.